The molecule has 21 heavy (non-hydrogen) atoms. The molecule has 2 rings (SSSR count). The molecule has 1 aromatic rings. The molecule has 0 bridgehead atoms. The van der Waals surface area contributed by atoms with Gasteiger partial charge >= 0.3 is 6.61 Å². The Balaban J connectivity index is 2.12. The van der Waals surface area contributed by atoms with Crippen LogP contribution in [0.5, 0.6) is 5.75 Å². The van der Waals surface area contributed by atoms with E-state index in [1.807, 2.05) is 0 Å². The predicted octanol–water partition coefficient (Wildman–Crippen LogP) is 4.10. The summed E-state index contributed by atoms with van der Waals surface area (Å²) in [4.78, 5) is 0. The van der Waals surface area contributed by atoms with Crippen molar-refractivity contribution in [3.63, 3.8) is 0 Å². The number of hydrogen-bond acceptors (Lipinski definition) is 4. The zero-order valence-electron chi connectivity index (χ0n) is 11.8. The van der Waals surface area contributed by atoms with E-state index in [1.165, 1.54) is 18.9 Å². The molecule has 0 heterocycles. The van der Waals surface area contributed by atoms with Crippen LogP contribution in [0.2, 0.25) is 0 Å². The number of ether oxygens (including phenoxy) is 1. The first-order chi connectivity index (χ1) is 9.96. The molecule has 0 spiro atoms. The highest BCUT2D eigenvalue weighted by atomic mass is 32.2. The fourth-order valence-electron chi connectivity index (χ4n) is 2.64. The van der Waals surface area contributed by atoms with Crippen LogP contribution in [-0.4, -0.2) is 24.2 Å². The summed E-state index contributed by atoms with van der Waals surface area (Å²) in [6, 6.07) is 2.19. The Bertz CT molecular complexity index is 493. The second kappa shape index (κ2) is 6.68. The molecule has 0 aromatic heterocycles. The maximum atomic E-state index is 13.5. The van der Waals surface area contributed by atoms with Crippen LogP contribution in [0, 0.1) is 5.82 Å². The summed E-state index contributed by atoms with van der Waals surface area (Å²) in [7, 11) is 0. The second-order valence-corrected chi connectivity index (χ2v) is 6.47. The molecule has 3 N–H and O–H groups in total. The Morgan fingerprint density at radius 2 is 2.05 bits per heavy atom. The largest absolute Gasteiger partial charge is 0.432 e. The van der Waals surface area contributed by atoms with Gasteiger partial charge in [-0.2, -0.15) is 20.5 Å². The van der Waals surface area contributed by atoms with Crippen LogP contribution in [-0.2, 0) is 0 Å². The Morgan fingerprint density at radius 1 is 1.38 bits per heavy atom. The fraction of sp³-hybridized carbons (Fsp3) is 0.571. The van der Waals surface area contributed by atoms with Gasteiger partial charge in [0.2, 0.25) is 0 Å². The lowest BCUT2D eigenvalue weighted by atomic mass is 10.1. The lowest BCUT2D eigenvalue weighted by molar-refractivity contribution is -0.0521. The Kier molecular flexibility index (Phi) is 5.13. The number of nitrogens with two attached hydrogens (primary N) is 1. The van der Waals surface area contributed by atoms with Gasteiger partial charge in [-0.15, -0.1) is 0 Å². The smallest absolute Gasteiger partial charge is 0.387 e. The molecule has 0 saturated heterocycles. The van der Waals surface area contributed by atoms with Crippen molar-refractivity contribution in [1.82, 2.24) is 0 Å². The molecule has 1 saturated carbocycles. The Hall–Kier alpha value is -1.24. The van der Waals surface area contributed by atoms with Gasteiger partial charge in [0, 0.05) is 23.4 Å². The summed E-state index contributed by atoms with van der Waals surface area (Å²) in [5.74, 6) is -1.38. The molecular weight excluding hydrogens is 301 g/mol. The average Bonchev–Trinajstić information content (AvgIpc) is 2.89. The van der Waals surface area contributed by atoms with Gasteiger partial charge in [-0.25, -0.2) is 4.39 Å². The lowest BCUT2D eigenvalue weighted by Crippen LogP contribution is -2.30. The number of anilines is 2. The zero-order valence-corrected chi connectivity index (χ0v) is 12.6. The van der Waals surface area contributed by atoms with Gasteiger partial charge in [0.25, 0.3) is 0 Å². The Morgan fingerprint density at radius 3 is 2.62 bits per heavy atom. The third kappa shape index (κ3) is 3.90. The maximum Gasteiger partial charge on any atom is 0.387 e. The van der Waals surface area contributed by atoms with Crippen LogP contribution in [0.3, 0.4) is 0 Å². The quantitative estimate of drug-likeness (QED) is 0.775. The molecule has 1 aliphatic rings. The number of alkyl halides is 2. The molecule has 0 radical (unpaired) electrons. The van der Waals surface area contributed by atoms with Crippen molar-refractivity contribution in [2.24, 2.45) is 0 Å². The standard InChI is InChI=1S/C14H19F3N2OS/c1-21-14(4-2-3-5-14)8-19-11-7-12(20-13(16)17)9(15)6-10(11)18/h6-7,13,19H,2-5,8,18H2,1H3. The minimum Gasteiger partial charge on any atom is -0.432 e. The lowest BCUT2D eigenvalue weighted by Gasteiger charge is -2.28. The number of nitrogen functional groups attached to an aromatic ring is 1. The second-order valence-electron chi connectivity index (χ2n) is 5.20. The van der Waals surface area contributed by atoms with E-state index in [2.05, 4.69) is 16.3 Å². The monoisotopic (exact) mass is 320 g/mol. The van der Waals surface area contributed by atoms with Gasteiger partial charge in [0.05, 0.1) is 11.4 Å². The summed E-state index contributed by atoms with van der Waals surface area (Å²) in [5.41, 5.74) is 6.35. The van der Waals surface area contributed by atoms with Crippen LogP contribution in [0.4, 0.5) is 24.5 Å². The highest BCUT2D eigenvalue weighted by Crippen LogP contribution is 2.41. The van der Waals surface area contributed by atoms with Crippen molar-refractivity contribution in [2.45, 2.75) is 37.0 Å². The number of hydrogen-bond donors (Lipinski definition) is 2. The molecule has 0 amide bonds. The van der Waals surface area contributed by atoms with Gasteiger partial charge < -0.3 is 15.8 Å². The Labute approximate surface area is 126 Å². The van der Waals surface area contributed by atoms with Gasteiger partial charge in [-0.1, -0.05) is 12.8 Å². The molecule has 0 unspecified atom stereocenters. The van der Waals surface area contributed by atoms with E-state index < -0.39 is 18.2 Å². The van der Waals surface area contributed by atoms with Crippen LogP contribution >= 0.6 is 11.8 Å². The van der Waals surface area contributed by atoms with E-state index in [0.717, 1.165) is 18.9 Å². The van der Waals surface area contributed by atoms with Gasteiger partial charge in [0.1, 0.15) is 0 Å². The molecule has 118 valence electrons. The van der Waals surface area contributed by atoms with Crippen molar-refractivity contribution in [2.75, 3.05) is 23.9 Å². The van der Waals surface area contributed by atoms with E-state index in [0.29, 0.717) is 12.2 Å². The summed E-state index contributed by atoms with van der Waals surface area (Å²) in [5, 5.41) is 3.15. The topological polar surface area (TPSA) is 47.3 Å². The normalized spacial score (nSPS) is 17.2. The highest BCUT2D eigenvalue weighted by molar-refractivity contribution is 8.00. The number of nitrogens with one attached hydrogen (secondary N) is 1. The highest BCUT2D eigenvalue weighted by Gasteiger charge is 2.32. The van der Waals surface area contributed by atoms with Crippen molar-refractivity contribution in [1.29, 1.82) is 0 Å². The van der Waals surface area contributed by atoms with Crippen LogP contribution < -0.4 is 15.8 Å². The van der Waals surface area contributed by atoms with Gasteiger partial charge in [-0.05, 0) is 19.1 Å². The zero-order chi connectivity index (χ0) is 15.5. The van der Waals surface area contributed by atoms with Gasteiger partial charge in [0.15, 0.2) is 11.6 Å². The van der Waals surface area contributed by atoms with Crippen molar-refractivity contribution in [3.8, 4) is 5.75 Å². The van der Waals surface area contributed by atoms with Gasteiger partial charge in [-0.3, -0.25) is 0 Å². The van der Waals surface area contributed by atoms with Crippen molar-refractivity contribution in [3.05, 3.63) is 17.9 Å². The van der Waals surface area contributed by atoms with Crippen molar-refractivity contribution < 1.29 is 17.9 Å². The summed E-state index contributed by atoms with van der Waals surface area (Å²) < 4.78 is 42.3. The van der Waals surface area contributed by atoms with E-state index in [-0.39, 0.29) is 10.4 Å². The number of halogens is 3. The summed E-state index contributed by atoms with van der Waals surface area (Å²) in [6.07, 6.45) is 6.62. The molecule has 1 fully saturated rings. The third-order valence-corrected chi connectivity index (χ3v) is 5.29. The van der Waals surface area contributed by atoms with E-state index in [1.54, 1.807) is 11.8 Å². The molecule has 1 aliphatic carbocycles. The minimum atomic E-state index is -3.07. The van der Waals surface area contributed by atoms with E-state index in [4.69, 9.17) is 5.73 Å². The molecule has 3 nitrogen and oxygen atoms in total. The first-order valence-corrected chi connectivity index (χ1v) is 8.01. The number of benzene rings is 1. The predicted molar refractivity (Wildman–Crippen MR) is 80.6 cm³/mol. The van der Waals surface area contributed by atoms with E-state index in [9.17, 15) is 13.2 Å². The molecular formula is C14H19F3N2OS. The summed E-state index contributed by atoms with van der Waals surface area (Å²) >= 11 is 1.79. The minimum absolute atomic E-state index is 0.130. The SMILES string of the molecule is CSC1(CNc2cc(OC(F)F)c(F)cc2N)CCCC1. The third-order valence-electron chi connectivity index (χ3n) is 3.87. The number of thioether (sulfide) groups is 1. The maximum absolute atomic E-state index is 13.5. The first kappa shape index (κ1) is 16.1. The van der Waals surface area contributed by atoms with Crippen LogP contribution in [0.15, 0.2) is 12.1 Å². The molecule has 0 atom stereocenters. The number of rotatable bonds is 6. The van der Waals surface area contributed by atoms with E-state index >= 15 is 0 Å². The van der Waals surface area contributed by atoms with Crippen LogP contribution in [0.25, 0.3) is 0 Å². The molecule has 1 aromatic carbocycles. The molecule has 0 aliphatic heterocycles. The summed E-state index contributed by atoms with van der Waals surface area (Å²) in [6.45, 7) is -2.40. The van der Waals surface area contributed by atoms with Crippen LogP contribution in [0.1, 0.15) is 25.7 Å². The fourth-order valence-corrected chi connectivity index (χ4v) is 3.55. The average molecular weight is 320 g/mol. The molecule has 7 heteroatoms. The first-order valence-electron chi connectivity index (χ1n) is 6.79. The van der Waals surface area contributed by atoms with Crippen molar-refractivity contribution >= 4 is 23.1 Å².